The maximum Gasteiger partial charge on any atom is 0.191 e. The van der Waals surface area contributed by atoms with Crippen LogP contribution in [-0.2, 0) is 6.42 Å². The van der Waals surface area contributed by atoms with Gasteiger partial charge < -0.3 is 15.1 Å². The van der Waals surface area contributed by atoms with Gasteiger partial charge >= 0.3 is 0 Å². The van der Waals surface area contributed by atoms with Crippen LogP contribution in [0.5, 0.6) is 0 Å². The molecule has 6 nitrogen and oxygen atoms in total. The Kier molecular flexibility index (Phi) is 9.06. The van der Waals surface area contributed by atoms with Gasteiger partial charge in [0.1, 0.15) is 5.76 Å². The normalized spacial score (nSPS) is 16.0. The molecular formula is C20H30IN5O. The minimum atomic E-state index is 0. The van der Waals surface area contributed by atoms with Crippen LogP contribution in [0.2, 0.25) is 0 Å². The number of aliphatic imine (C=N–C) groups is 1. The number of nitrogens with one attached hydrogen (secondary N) is 2. The molecule has 148 valence electrons. The summed E-state index contributed by atoms with van der Waals surface area (Å²) in [7, 11) is 1.81. The molecule has 1 atom stereocenters. The van der Waals surface area contributed by atoms with Crippen LogP contribution in [0, 0.1) is 6.92 Å². The minimum absolute atomic E-state index is 0. The summed E-state index contributed by atoms with van der Waals surface area (Å²) in [6.07, 6.45) is 8.97. The Morgan fingerprint density at radius 3 is 2.78 bits per heavy atom. The highest BCUT2D eigenvalue weighted by molar-refractivity contribution is 14.0. The standard InChI is InChI=1S/C20H29N5O.HI/c1-16-14-22-9-7-17(16)8-10-23-20(21-2)24-15-18(19-6-5-13-26-19)25-11-3-4-12-25;/h5-7,9,13-14,18H,3-4,8,10-12,15H2,1-2H3,(H2,21,23,24);1H. The Hall–Kier alpha value is -1.61. The predicted molar refractivity (Wildman–Crippen MR) is 120 cm³/mol. The van der Waals surface area contributed by atoms with Crippen molar-refractivity contribution in [2.45, 2.75) is 32.2 Å². The lowest BCUT2D eigenvalue weighted by Crippen LogP contribution is -2.43. The van der Waals surface area contributed by atoms with Gasteiger partial charge in [-0.05, 0) is 68.6 Å². The number of halogens is 1. The maximum absolute atomic E-state index is 5.68. The Labute approximate surface area is 178 Å². The lowest BCUT2D eigenvalue weighted by Gasteiger charge is -2.26. The van der Waals surface area contributed by atoms with Crippen LogP contribution in [0.1, 0.15) is 35.8 Å². The average Bonchev–Trinajstić information content (AvgIpc) is 3.36. The summed E-state index contributed by atoms with van der Waals surface area (Å²) in [6, 6.07) is 6.34. The second-order valence-corrected chi connectivity index (χ2v) is 6.71. The van der Waals surface area contributed by atoms with Crippen molar-refractivity contribution in [2.75, 3.05) is 33.2 Å². The lowest BCUT2D eigenvalue weighted by molar-refractivity contribution is 0.215. The molecule has 0 aliphatic carbocycles. The van der Waals surface area contributed by atoms with Gasteiger partial charge in [0, 0.05) is 32.5 Å². The first-order valence-electron chi connectivity index (χ1n) is 9.39. The quantitative estimate of drug-likeness (QED) is 0.360. The summed E-state index contributed by atoms with van der Waals surface area (Å²) in [5, 5.41) is 6.87. The molecule has 7 heteroatoms. The number of nitrogens with zero attached hydrogens (tertiary/aromatic N) is 3. The van der Waals surface area contributed by atoms with Crippen molar-refractivity contribution in [2.24, 2.45) is 4.99 Å². The number of pyridine rings is 1. The summed E-state index contributed by atoms with van der Waals surface area (Å²) < 4.78 is 5.68. The molecule has 0 radical (unpaired) electrons. The van der Waals surface area contributed by atoms with Gasteiger partial charge in [-0.15, -0.1) is 24.0 Å². The van der Waals surface area contributed by atoms with E-state index in [1.165, 1.54) is 24.0 Å². The molecule has 1 aliphatic rings. The molecule has 1 saturated heterocycles. The molecule has 0 bridgehead atoms. The van der Waals surface area contributed by atoms with Gasteiger partial charge in [0.15, 0.2) is 5.96 Å². The molecule has 2 aromatic rings. The summed E-state index contributed by atoms with van der Waals surface area (Å²) in [5.41, 5.74) is 2.54. The average molecular weight is 483 g/mol. The van der Waals surface area contributed by atoms with Gasteiger partial charge in [0.2, 0.25) is 0 Å². The van der Waals surface area contributed by atoms with E-state index in [1.807, 2.05) is 25.5 Å². The molecule has 3 heterocycles. The fourth-order valence-electron chi connectivity index (χ4n) is 3.46. The zero-order valence-electron chi connectivity index (χ0n) is 16.1. The van der Waals surface area contributed by atoms with E-state index in [0.717, 1.165) is 44.3 Å². The smallest absolute Gasteiger partial charge is 0.191 e. The highest BCUT2D eigenvalue weighted by Gasteiger charge is 2.25. The molecule has 1 unspecified atom stereocenters. The third-order valence-corrected chi connectivity index (χ3v) is 4.96. The van der Waals surface area contributed by atoms with E-state index in [4.69, 9.17) is 4.42 Å². The predicted octanol–water partition coefficient (Wildman–Crippen LogP) is 3.15. The monoisotopic (exact) mass is 483 g/mol. The highest BCUT2D eigenvalue weighted by atomic mass is 127. The number of furan rings is 1. The van der Waals surface area contributed by atoms with E-state index < -0.39 is 0 Å². The van der Waals surface area contributed by atoms with Crippen molar-refractivity contribution in [1.82, 2.24) is 20.5 Å². The fourth-order valence-corrected chi connectivity index (χ4v) is 3.46. The van der Waals surface area contributed by atoms with Crippen molar-refractivity contribution in [3.63, 3.8) is 0 Å². The largest absolute Gasteiger partial charge is 0.468 e. The molecule has 27 heavy (non-hydrogen) atoms. The van der Waals surface area contributed by atoms with Crippen LogP contribution in [0.4, 0.5) is 0 Å². The third-order valence-electron chi connectivity index (χ3n) is 4.96. The van der Waals surface area contributed by atoms with E-state index in [0.29, 0.717) is 0 Å². The maximum atomic E-state index is 5.68. The molecule has 0 aromatic carbocycles. The number of likely N-dealkylation sites (tertiary alicyclic amines) is 1. The first-order valence-corrected chi connectivity index (χ1v) is 9.39. The van der Waals surface area contributed by atoms with Gasteiger partial charge in [-0.25, -0.2) is 0 Å². The summed E-state index contributed by atoms with van der Waals surface area (Å²) in [6.45, 7) is 5.96. The van der Waals surface area contributed by atoms with Gasteiger partial charge in [0.25, 0.3) is 0 Å². The summed E-state index contributed by atoms with van der Waals surface area (Å²) in [5.74, 6) is 1.84. The van der Waals surface area contributed by atoms with Crippen molar-refractivity contribution in [3.8, 4) is 0 Å². The van der Waals surface area contributed by atoms with Gasteiger partial charge in [-0.1, -0.05) is 0 Å². The molecular weight excluding hydrogens is 453 g/mol. The third kappa shape index (κ3) is 6.21. The molecule has 3 rings (SSSR count). The molecule has 2 N–H and O–H groups in total. The van der Waals surface area contributed by atoms with Crippen molar-refractivity contribution >= 4 is 29.9 Å². The zero-order valence-corrected chi connectivity index (χ0v) is 18.5. The second-order valence-electron chi connectivity index (χ2n) is 6.71. The van der Waals surface area contributed by atoms with E-state index in [-0.39, 0.29) is 30.0 Å². The van der Waals surface area contributed by atoms with Gasteiger partial charge in [0.05, 0.1) is 12.3 Å². The first kappa shape index (κ1) is 21.7. The van der Waals surface area contributed by atoms with Crippen LogP contribution in [0.3, 0.4) is 0 Å². The number of aromatic nitrogens is 1. The number of rotatable bonds is 7. The van der Waals surface area contributed by atoms with E-state index in [1.54, 1.807) is 6.26 Å². The Morgan fingerprint density at radius 1 is 1.30 bits per heavy atom. The van der Waals surface area contributed by atoms with E-state index in [2.05, 4.69) is 44.6 Å². The van der Waals surface area contributed by atoms with Gasteiger partial charge in [-0.2, -0.15) is 0 Å². The molecule has 1 fully saturated rings. The topological polar surface area (TPSA) is 65.7 Å². The highest BCUT2D eigenvalue weighted by Crippen LogP contribution is 2.24. The molecule has 0 spiro atoms. The molecule has 1 aliphatic heterocycles. The number of hydrogen-bond acceptors (Lipinski definition) is 4. The van der Waals surface area contributed by atoms with Crippen LogP contribution in [-0.4, -0.2) is 49.1 Å². The van der Waals surface area contributed by atoms with Crippen molar-refractivity contribution in [1.29, 1.82) is 0 Å². The molecule has 0 amide bonds. The number of guanidine groups is 1. The Balaban J connectivity index is 0.00000261. The van der Waals surface area contributed by atoms with Crippen molar-refractivity contribution < 1.29 is 4.42 Å². The molecule has 0 saturated carbocycles. The van der Waals surface area contributed by atoms with Crippen LogP contribution < -0.4 is 10.6 Å². The van der Waals surface area contributed by atoms with Crippen LogP contribution in [0.25, 0.3) is 0 Å². The summed E-state index contributed by atoms with van der Waals surface area (Å²) in [4.78, 5) is 11.0. The Bertz CT molecular complexity index is 698. The number of hydrogen-bond donors (Lipinski definition) is 2. The van der Waals surface area contributed by atoms with Crippen LogP contribution >= 0.6 is 24.0 Å². The van der Waals surface area contributed by atoms with Crippen LogP contribution in [0.15, 0.2) is 46.3 Å². The van der Waals surface area contributed by atoms with E-state index >= 15 is 0 Å². The zero-order chi connectivity index (χ0) is 18.2. The van der Waals surface area contributed by atoms with Crippen molar-refractivity contribution in [3.05, 3.63) is 53.7 Å². The number of aryl methyl sites for hydroxylation is 1. The first-order chi connectivity index (χ1) is 12.8. The lowest BCUT2D eigenvalue weighted by atomic mass is 10.1. The summed E-state index contributed by atoms with van der Waals surface area (Å²) >= 11 is 0. The Morgan fingerprint density at radius 2 is 2.11 bits per heavy atom. The fraction of sp³-hybridized carbons (Fsp3) is 0.500. The second kappa shape index (κ2) is 11.3. The van der Waals surface area contributed by atoms with Gasteiger partial charge in [-0.3, -0.25) is 14.9 Å². The SMILES string of the molecule is CN=C(NCCc1ccncc1C)NCC(c1ccco1)N1CCCC1.I. The minimum Gasteiger partial charge on any atom is -0.468 e. The van der Waals surface area contributed by atoms with E-state index in [9.17, 15) is 0 Å². The molecule has 2 aromatic heterocycles.